The Bertz CT molecular complexity index is 496. The number of carbonyl (C=O) groups excluding carboxylic acids is 1. The second kappa shape index (κ2) is 6.72. The largest absolute Gasteiger partial charge is 0.481 e. The maximum atomic E-state index is 12.2. The molecule has 0 spiro atoms. The van der Waals surface area contributed by atoms with Gasteiger partial charge in [-0.1, -0.05) is 30.3 Å². The van der Waals surface area contributed by atoms with E-state index in [9.17, 15) is 14.7 Å². The standard InChI is InChI=1S/C16H21NO4/c1-16(15(19)20,12-5-3-2-4-6-12)11-14(18)17-13-7-9-21-10-8-13/h2-6,13H,7-11H2,1H3,(H,17,18)(H,19,20). The van der Waals surface area contributed by atoms with Crippen LogP contribution >= 0.6 is 0 Å². The van der Waals surface area contributed by atoms with Crippen molar-refractivity contribution in [1.82, 2.24) is 5.32 Å². The van der Waals surface area contributed by atoms with E-state index in [0.717, 1.165) is 12.8 Å². The fourth-order valence-electron chi connectivity index (χ4n) is 2.55. The zero-order valence-corrected chi connectivity index (χ0v) is 12.2. The lowest BCUT2D eigenvalue weighted by Gasteiger charge is -2.27. The Hall–Kier alpha value is -1.88. The molecule has 1 aliphatic rings. The molecule has 2 N–H and O–H groups in total. The predicted octanol–water partition coefficient (Wildman–Crippen LogP) is 1.71. The van der Waals surface area contributed by atoms with Gasteiger partial charge < -0.3 is 15.2 Å². The molecule has 0 bridgehead atoms. The highest BCUT2D eigenvalue weighted by Gasteiger charge is 2.37. The first-order chi connectivity index (χ1) is 10.0. The Labute approximate surface area is 124 Å². The summed E-state index contributed by atoms with van der Waals surface area (Å²) in [5.41, 5.74) is -0.573. The van der Waals surface area contributed by atoms with Crippen LogP contribution in [0.2, 0.25) is 0 Å². The Morgan fingerprint density at radius 2 is 1.90 bits per heavy atom. The van der Waals surface area contributed by atoms with Crippen LogP contribution in [0, 0.1) is 0 Å². The molecule has 0 aromatic heterocycles. The summed E-state index contributed by atoms with van der Waals surface area (Å²) in [4.78, 5) is 23.8. The van der Waals surface area contributed by atoms with E-state index < -0.39 is 11.4 Å². The van der Waals surface area contributed by atoms with Gasteiger partial charge in [-0.2, -0.15) is 0 Å². The summed E-state index contributed by atoms with van der Waals surface area (Å²) in [6.45, 7) is 2.87. The van der Waals surface area contributed by atoms with Crippen LogP contribution in [0.25, 0.3) is 0 Å². The van der Waals surface area contributed by atoms with Crippen LogP contribution in [0.5, 0.6) is 0 Å². The monoisotopic (exact) mass is 291 g/mol. The van der Waals surface area contributed by atoms with E-state index in [1.165, 1.54) is 0 Å². The van der Waals surface area contributed by atoms with E-state index in [4.69, 9.17) is 4.74 Å². The molecule has 1 fully saturated rings. The van der Waals surface area contributed by atoms with Crippen molar-refractivity contribution in [3.05, 3.63) is 35.9 Å². The number of hydrogen-bond acceptors (Lipinski definition) is 3. The Morgan fingerprint density at radius 1 is 1.29 bits per heavy atom. The normalized spacial score (nSPS) is 18.7. The van der Waals surface area contributed by atoms with Gasteiger partial charge in [0.15, 0.2) is 0 Å². The van der Waals surface area contributed by atoms with E-state index in [-0.39, 0.29) is 18.4 Å². The molecule has 1 saturated heterocycles. The van der Waals surface area contributed by atoms with Crippen LogP contribution in [-0.4, -0.2) is 36.2 Å². The maximum absolute atomic E-state index is 12.2. The molecular weight excluding hydrogens is 270 g/mol. The molecule has 5 nitrogen and oxygen atoms in total. The number of carboxylic acids is 1. The van der Waals surface area contributed by atoms with Crippen LogP contribution in [0.4, 0.5) is 0 Å². The minimum Gasteiger partial charge on any atom is -0.481 e. The number of carboxylic acid groups (broad SMARTS) is 1. The lowest BCUT2D eigenvalue weighted by atomic mass is 9.79. The summed E-state index contributed by atoms with van der Waals surface area (Å²) in [5.74, 6) is -1.22. The molecule has 1 aromatic carbocycles. The van der Waals surface area contributed by atoms with E-state index in [2.05, 4.69) is 5.32 Å². The highest BCUT2D eigenvalue weighted by Crippen LogP contribution is 2.28. The molecule has 0 radical (unpaired) electrons. The van der Waals surface area contributed by atoms with Crippen molar-refractivity contribution < 1.29 is 19.4 Å². The maximum Gasteiger partial charge on any atom is 0.314 e. The molecule has 0 aliphatic carbocycles. The lowest BCUT2D eigenvalue weighted by molar-refractivity contribution is -0.145. The first kappa shape index (κ1) is 15.5. The van der Waals surface area contributed by atoms with Crippen molar-refractivity contribution >= 4 is 11.9 Å². The van der Waals surface area contributed by atoms with Crippen LogP contribution in [0.1, 0.15) is 31.7 Å². The van der Waals surface area contributed by atoms with Gasteiger partial charge in [0.1, 0.15) is 0 Å². The molecule has 5 heteroatoms. The van der Waals surface area contributed by atoms with Crippen molar-refractivity contribution in [2.75, 3.05) is 13.2 Å². The fraction of sp³-hybridized carbons (Fsp3) is 0.500. The van der Waals surface area contributed by atoms with Crippen LogP contribution in [0.3, 0.4) is 0 Å². The molecule has 1 heterocycles. The summed E-state index contributed by atoms with van der Waals surface area (Å²) in [6.07, 6.45) is 1.49. The second-order valence-corrected chi connectivity index (χ2v) is 5.63. The number of hydrogen-bond donors (Lipinski definition) is 2. The number of aliphatic carboxylic acids is 1. The highest BCUT2D eigenvalue weighted by molar-refractivity contribution is 5.89. The van der Waals surface area contributed by atoms with E-state index in [0.29, 0.717) is 18.8 Å². The number of rotatable bonds is 5. The Kier molecular flexibility index (Phi) is 4.96. The van der Waals surface area contributed by atoms with Gasteiger partial charge in [-0.05, 0) is 25.3 Å². The van der Waals surface area contributed by atoms with Crippen LogP contribution in [0.15, 0.2) is 30.3 Å². The van der Waals surface area contributed by atoms with Gasteiger partial charge in [0.2, 0.25) is 5.91 Å². The predicted molar refractivity (Wildman–Crippen MR) is 78.0 cm³/mol. The zero-order valence-electron chi connectivity index (χ0n) is 12.2. The molecule has 21 heavy (non-hydrogen) atoms. The van der Waals surface area contributed by atoms with Gasteiger partial charge in [-0.25, -0.2) is 0 Å². The average molecular weight is 291 g/mol. The lowest BCUT2D eigenvalue weighted by Crippen LogP contribution is -2.44. The molecular formula is C16H21NO4. The van der Waals surface area contributed by atoms with Crippen molar-refractivity contribution in [1.29, 1.82) is 0 Å². The summed E-state index contributed by atoms with van der Waals surface area (Å²) in [7, 11) is 0. The van der Waals surface area contributed by atoms with Gasteiger partial charge in [-0.3, -0.25) is 9.59 Å². The third-order valence-corrected chi connectivity index (χ3v) is 3.98. The molecule has 2 rings (SSSR count). The first-order valence-corrected chi connectivity index (χ1v) is 7.18. The van der Waals surface area contributed by atoms with Crippen molar-refractivity contribution in [3.63, 3.8) is 0 Å². The quantitative estimate of drug-likeness (QED) is 0.866. The molecule has 1 unspecified atom stereocenters. The van der Waals surface area contributed by atoms with Crippen LogP contribution < -0.4 is 5.32 Å². The zero-order chi connectivity index (χ0) is 15.3. The minimum atomic E-state index is -1.21. The number of carbonyl (C=O) groups is 2. The SMILES string of the molecule is CC(CC(=O)NC1CCOCC1)(C(=O)O)c1ccccc1. The molecule has 114 valence electrons. The molecule has 1 aromatic rings. The molecule has 1 atom stereocenters. The average Bonchev–Trinajstić information content (AvgIpc) is 2.48. The smallest absolute Gasteiger partial charge is 0.314 e. The van der Waals surface area contributed by atoms with Gasteiger partial charge in [0, 0.05) is 25.7 Å². The van der Waals surface area contributed by atoms with Crippen LogP contribution in [-0.2, 0) is 19.7 Å². The number of benzene rings is 1. The van der Waals surface area contributed by atoms with E-state index in [1.807, 2.05) is 6.07 Å². The first-order valence-electron chi connectivity index (χ1n) is 7.18. The molecule has 0 saturated carbocycles. The Balaban J connectivity index is 2.05. The topological polar surface area (TPSA) is 75.6 Å². The molecule has 1 amide bonds. The second-order valence-electron chi connectivity index (χ2n) is 5.63. The number of nitrogens with one attached hydrogen (secondary N) is 1. The summed E-state index contributed by atoms with van der Waals surface area (Å²) >= 11 is 0. The van der Waals surface area contributed by atoms with Gasteiger partial charge in [-0.15, -0.1) is 0 Å². The summed E-state index contributed by atoms with van der Waals surface area (Å²) in [5, 5.41) is 12.5. The summed E-state index contributed by atoms with van der Waals surface area (Å²) < 4.78 is 5.24. The highest BCUT2D eigenvalue weighted by atomic mass is 16.5. The van der Waals surface area contributed by atoms with Crippen molar-refractivity contribution in [2.45, 2.75) is 37.6 Å². The van der Waals surface area contributed by atoms with Crippen molar-refractivity contribution in [2.24, 2.45) is 0 Å². The number of ether oxygens (including phenoxy) is 1. The van der Waals surface area contributed by atoms with Crippen molar-refractivity contribution in [3.8, 4) is 0 Å². The summed E-state index contributed by atoms with van der Waals surface area (Å²) in [6, 6.07) is 8.97. The minimum absolute atomic E-state index is 0.0658. The van der Waals surface area contributed by atoms with Gasteiger partial charge in [0.05, 0.1) is 5.41 Å². The van der Waals surface area contributed by atoms with Gasteiger partial charge >= 0.3 is 5.97 Å². The van der Waals surface area contributed by atoms with E-state index in [1.54, 1.807) is 31.2 Å². The van der Waals surface area contributed by atoms with E-state index >= 15 is 0 Å². The fourth-order valence-corrected chi connectivity index (χ4v) is 2.55. The number of amides is 1. The third kappa shape index (κ3) is 3.82. The third-order valence-electron chi connectivity index (χ3n) is 3.98. The molecule has 1 aliphatic heterocycles. The van der Waals surface area contributed by atoms with Gasteiger partial charge in [0.25, 0.3) is 0 Å². The Morgan fingerprint density at radius 3 is 2.48 bits per heavy atom.